The van der Waals surface area contributed by atoms with Gasteiger partial charge in [0.15, 0.2) is 0 Å². The van der Waals surface area contributed by atoms with Crippen LogP contribution >= 0.6 is 11.3 Å². The van der Waals surface area contributed by atoms with Gasteiger partial charge in [-0.1, -0.05) is 127 Å². The zero-order valence-electron chi connectivity index (χ0n) is 28.6. The first-order valence-corrected chi connectivity index (χ1v) is 18.8. The van der Waals surface area contributed by atoms with Gasteiger partial charge < -0.3 is 9.47 Å². The molecule has 0 unspecified atom stereocenters. The van der Waals surface area contributed by atoms with Crippen LogP contribution in [-0.4, -0.2) is 9.55 Å². The molecule has 0 N–H and O–H groups in total. The van der Waals surface area contributed by atoms with E-state index in [1.807, 2.05) is 0 Å². The number of para-hydroxylation sites is 3. The van der Waals surface area contributed by atoms with Crippen molar-refractivity contribution in [3.8, 4) is 16.3 Å². The van der Waals surface area contributed by atoms with Crippen LogP contribution in [0.3, 0.4) is 0 Å². The number of hydrogen-bond donors (Lipinski definition) is 0. The van der Waals surface area contributed by atoms with Crippen LogP contribution < -0.4 is 4.90 Å². The van der Waals surface area contributed by atoms with Gasteiger partial charge in [-0.3, -0.25) is 0 Å². The van der Waals surface area contributed by atoms with Crippen LogP contribution in [0.4, 0.5) is 17.1 Å². The Balaban J connectivity index is 1.21. The van der Waals surface area contributed by atoms with Crippen molar-refractivity contribution in [1.82, 2.24) is 9.55 Å². The standard InChI is InChI=1S/C49H31N3S/c1-3-16-36(17-4-1)51(38-26-28-45-43(30-38)40-21-11-12-22-44(40)52(45)37-18-5-2-6-19-37)46-31-42-39-20-10-9-14-33(39)25-27-41(42)48-47(46)50-49(53-48)35-24-23-32-13-7-8-15-34(32)29-35/h1-31H. The van der Waals surface area contributed by atoms with E-state index in [4.69, 9.17) is 4.98 Å². The average Bonchev–Trinajstić information content (AvgIpc) is 3.82. The zero-order valence-corrected chi connectivity index (χ0v) is 29.5. The molecule has 53 heavy (non-hydrogen) atoms. The third-order valence-electron chi connectivity index (χ3n) is 10.5. The number of benzene rings is 9. The molecule has 2 aromatic heterocycles. The molecular formula is C49H31N3S. The molecule has 11 rings (SSSR count). The molecule has 9 aromatic carbocycles. The summed E-state index contributed by atoms with van der Waals surface area (Å²) in [6.07, 6.45) is 0. The molecule has 11 aromatic rings. The Hall–Kier alpha value is -6.75. The minimum atomic E-state index is 0.997. The number of anilines is 3. The normalized spacial score (nSPS) is 11.8. The van der Waals surface area contributed by atoms with Crippen molar-refractivity contribution in [2.75, 3.05) is 4.90 Å². The van der Waals surface area contributed by atoms with Gasteiger partial charge in [0.05, 0.1) is 21.4 Å². The largest absolute Gasteiger partial charge is 0.309 e. The lowest BCUT2D eigenvalue weighted by Gasteiger charge is -2.26. The number of fused-ring (bicyclic) bond motifs is 9. The Bertz CT molecular complexity index is 3180. The Kier molecular flexibility index (Phi) is 6.73. The highest BCUT2D eigenvalue weighted by Crippen LogP contribution is 2.47. The molecule has 0 saturated carbocycles. The van der Waals surface area contributed by atoms with Gasteiger partial charge in [0.1, 0.15) is 10.5 Å². The third kappa shape index (κ3) is 4.77. The van der Waals surface area contributed by atoms with E-state index < -0.39 is 0 Å². The molecule has 0 aliphatic rings. The SMILES string of the molecule is c1ccc(N(c2ccc3c(c2)c2ccccc2n3-c2ccccc2)c2cc3c4ccccc4ccc3c3sc(-c4ccc5ccccc5c4)nc23)cc1. The lowest BCUT2D eigenvalue weighted by molar-refractivity contribution is 1.18. The summed E-state index contributed by atoms with van der Waals surface area (Å²) in [6.45, 7) is 0. The molecule has 4 heteroatoms. The Morgan fingerprint density at radius 1 is 0.434 bits per heavy atom. The van der Waals surface area contributed by atoms with Crippen LogP contribution in [-0.2, 0) is 0 Å². The number of rotatable bonds is 5. The first-order valence-electron chi connectivity index (χ1n) is 18.0. The van der Waals surface area contributed by atoms with E-state index in [9.17, 15) is 0 Å². The quantitative estimate of drug-likeness (QED) is 0.167. The first kappa shape index (κ1) is 29.9. The lowest BCUT2D eigenvalue weighted by Crippen LogP contribution is -2.10. The van der Waals surface area contributed by atoms with Crippen LogP contribution in [0.1, 0.15) is 0 Å². The second kappa shape index (κ2) is 11.9. The molecule has 0 fully saturated rings. The maximum Gasteiger partial charge on any atom is 0.124 e. The lowest BCUT2D eigenvalue weighted by atomic mass is 10.00. The predicted molar refractivity (Wildman–Crippen MR) is 227 cm³/mol. The molecule has 0 atom stereocenters. The van der Waals surface area contributed by atoms with Gasteiger partial charge in [0.25, 0.3) is 0 Å². The van der Waals surface area contributed by atoms with E-state index in [0.29, 0.717) is 0 Å². The molecular weight excluding hydrogens is 663 g/mol. The summed E-state index contributed by atoms with van der Waals surface area (Å²) in [5.74, 6) is 0. The van der Waals surface area contributed by atoms with Crippen molar-refractivity contribution < 1.29 is 0 Å². The fourth-order valence-electron chi connectivity index (χ4n) is 8.11. The van der Waals surface area contributed by atoms with Crippen molar-refractivity contribution in [1.29, 1.82) is 0 Å². The van der Waals surface area contributed by atoms with Crippen molar-refractivity contribution >= 4 is 92.7 Å². The molecule has 0 aliphatic heterocycles. The molecule has 0 amide bonds. The van der Waals surface area contributed by atoms with E-state index in [1.165, 1.54) is 58.8 Å². The van der Waals surface area contributed by atoms with E-state index in [1.54, 1.807) is 11.3 Å². The fraction of sp³-hybridized carbons (Fsp3) is 0. The summed E-state index contributed by atoms with van der Waals surface area (Å²) in [7, 11) is 0. The van der Waals surface area contributed by atoms with E-state index in [-0.39, 0.29) is 0 Å². The molecule has 0 bridgehead atoms. The van der Waals surface area contributed by atoms with Gasteiger partial charge in [0, 0.05) is 38.8 Å². The molecule has 0 radical (unpaired) electrons. The minimum absolute atomic E-state index is 0.997. The van der Waals surface area contributed by atoms with Gasteiger partial charge in [-0.25, -0.2) is 4.98 Å². The summed E-state index contributed by atoms with van der Waals surface area (Å²) >= 11 is 1.78. The van der Waals surface area contributed by atoms with Crippen LogP contribution in [0.25, 0.3) is 80.6 Å². The number of nitrogens with zero attached hydrogens (tertiary/aromatic N) is 3. The molecule has 2 heterocycles. The van der Waals surface area contributed by atoms with Crippen LogP contribution in [0, 0.1) is 0 Å². The summed E-state index contributed by atoms with van der Waals surface area (Å²) in [5.41, 5.74) is 8.87. The number of aromatic nitrogens is 2. The van der Waals surface area contributed by atoms with Crippen LogP contribution in [0.2, 0.25) is 0 Å². The maximum atomic E-state index is 5.52. The molecule has 3 nitrogen and oxygen atoms in total. The van der Waals surface area contributed by atoms with Crippen molar-refractivity contribution in [2.24, 2.45) is 0 Å². The first-order chi connectivity index (χ1) is 26.3. The van der Waals surface area contributed by atoms with E-state index >= 15 is 0 Å². The highest BCUT2D eigenvalue weighted by atomic mass is 32.1. The topological polar surface area (TPSA) is 21.1 Å². The second-order valence-corrected chi connectivity index (χ2v) is 14.6. The molecule has 0 aliphatic carbocycles. The molecule has 0 saturated heterocycles. The summed E-state index contributed by atoms with van der Waals surface area (Å²) in [4.78, 5) is 7.92. The van der Waals surface area contributed by atoms with Crippen LogP contribution in [0.5, 0.6) is 0 Å². The van der Waals surface area contributed by atoms with E-state index in [0.717, 1.165) is 38.8 Å². The molecule has 0 spiro atoms. The predicted octanol–water partition coefficient (Wildman–Crippen LogP) is 14.0. The Labute approximate surface area is 310 Å². The number of hydrogen-bond acceptors (Lipinski definition) is 3. The molecule has 248 valence electrons. The Morgan fingerprint density at radius 2 is 1.11 bits per heavy atom. The summed E-state index contributed by atoms with van der Waals surface area (Å²) < 4.78 is 3.56. The van der Waals surface area contributed by atoms with Crippen molar-refractivity contribution in [3.05, 3.63) is 188 Å². The van der Waals surface area contributed by atoms with Gasteiger partial charge in [0.2, 0.25) is 0 Å². The highest BCUT2D eigenvalue weighted by molar-refractivity contribution is 7.22. The van der Waals surface area contributed by atoms with E-state index in [2.05, 4.69) is 198 Å². The zero-order chi connectivity index (χ0) is 34.9. The summed E-state index contributed by atoms with van der Waals surface area (Å²) in [5, 5.41) is 10.8. The van der Waals surface area contributed by atoms with Crippen molar-refractivity contribution in [2.45, 2.75) is 0 Å². The average molecular weight is 694 g/mol. The van der Waals surface area contributed by atoms with Crippen LogP contribution in [0.15, 0.2) is 188 Å². The van der Waals surface area contributed by atoms with Gasteiger partial charge in [-0.2, -0.15) is 0 Å². The Morgan fingerprint density at radius 3 is 1.96 bits per heavy atom. The van der Waals surface area contributed by atoms with Gasteiger partial charge in [-0.15, -0.1) is 11.3 Å². The monoisotopic (exact) mass is 693 g/mol. The smallest absolute Gasteiger partial charge is 0.124 e. The fourth-order valence-corrected chi connectivity index (χ4v) is 9.22. The summed E-state index contributed by atoms with van der Waals surface area (Å²) in [6, 6.07) is 67.9. The highest BCUT2D eigenvalue weighted by Gasteiger charge is 2.23. The minimum Gasteiger partial charge on any atom is -0.309 e. The third-order valence-corrected chi connectivity index (χ3v) is 11.7. The van der Waals surface area contributed by atoms with Crippen molar-refractivity contribution in [3.63, 3.8) is 0 Å². The van der Waals surface area contributed by atoms with Gasteiger partial charge >= 0.3 is 0 Å². The maximum absolute atomic E-state index is 5.52. The number of thiazole rings is 1. The van der Waals surface area contributed by atoms with Gasteiger partial charge in [-0.05, 0) is 87.6 Å². The second-order valence-electron chi connectivity index (χ2n) is 13.6.